The number of alkyl halides is 1. The van der Waals surface area contributed by atoms with Gasteiger partial charge < -0.3 is 4.57 Å². The SMILES string of the molecule is CCC(CC)Cn1c(C(C)Cl)nc2c(C)nn(C)c21. The van der Waals surface area contributed by atoms with Gasteiger partial charge in [0.1, 0.15) is 11.3 Å². The molecule has 0 aliphatic rings. The summed E-state index contributed by atoms with van der Waals surface area (Å²) in [5, 5.41) is 4.38. The highest BCUT2D eigenvalue weighted by atomic mass is 35.5. The van der Waals surface area contributed by atoms with Gasteiger partial charge in [-0.1, -0.05) is 26.7 Å². The largest absolute Gasteiger partial charge is 0.311 e. The number of aryl methyl sites for hydroxylation is 2. The molecule has 5 heteroatoms. The van der Waals surface area contributed by atoms with Crippen LogP contribution < -0.4 is 0 Å². The van der Waals surface area contributed by atoms with E-state index in [-0.39, 0.29) is 5.38 Å². The Morgan fingerprint density at radius 2 is 1.89 bits per heavy atom. The summed E-state index contributed by atoms with van der Waals surface area (Å²) in [6, 6.07) is 0. The van der Waals surface area contributed by atoms with E-state index < -0.39 is 0 Å². The van der Waals surface area contributed by atoms with Gasteiger partial charge in [0.2, 0.25) is 0 Å². The first-order valence-electron chi connectivity index (χ1n) is 7.03. The topological polar surface area (TPSA) is 35.6 Å². The quantitative estimate of drug-likeness (QED) is 0.782. The summed E-state index contributed by atoms with van der Waals surface area (Å²) in [7, 11) is 1.98. The first-order valence-corrected chi connectivity index (χ1v) is 7.46. The van der Waals surface area contributed by atoms with Gasteiger partial charge in [0.05, 0.1) is 11.1 Å². The fourth-order valence-corrected chi connectivity index (χ4v) is 2.81. The molecule has 0 spiro atoms. The number of nitrogens with zero attached hydrogens (tertiary/aromatic N) is 4. The molecule has 106 valence electrons. The van der Waals surface area contributed by atoms with Gasteiger partial charge >= 0.3 is 0 Å². The van der Waals surface area contributed by atoms with E-state index in [2.05, 4.69) is 23.5 Å². The molecule has 0 aromatic carbocycles. The molecule has 4 nitrogen and oxygen atoms in total. The van der Waals surface area contributed by atoms with Crippen molar-refractivity contribution in [1.82, 2.24) is 19.3 Å². The second kappa shape index (κ2) is 5.53. The van der Waals surface area contributed by atoms with Crippen molar-refractivity contribution in [3.05, 3.63) is 11.5 Å². The lowest BCUT2D eigenvalue weighted by atomic mass is 10.0. The number of hydrogen-bond acceptors (Lipinski definition) is 2. The molecule has 0 aliphatic heterocycles. The molecule has 0 radical (unpaired) electrons. The van der Waals surface area contributed by atoms with Crippen molar-refractivity contribution in [2.24, 2.45) is 13.0 Å². The predicted octanol–water partition coefficient (Wildman–Crippen LogP) is 3.81. The molecule has 0 N–H and O–H groups in total. The van der Waals surface area contributed by atoms with E-state index in [1.807, 2.05) is 25.6 Å². The zero-order chi connectivity index (χ0) is 14.2. The summed E-state index contributed by atoms with van der Waals surface area (Å²) in [5.74, 6) is 1.61. The zero-order valence-electron chi connectivity index (χ0n) is 12.4. The van der Waals surface area contributed by atoms with Gasteiger partial charge in [-0.15, -0.1) is 11.6 Å². The smallest absolute Gasteiger partial charge is 0.158 e. The molecule has 19 heavy (non-hydrogen) atoms. The summed E-state index contributed by atoms with van der Waals surface area (Å²) in [4.78, 5) is 4.70. The van der Waals surface area contributed by atoms with Crippen LogP contribution in [0.4, 0.5) is 0 Å². The number of rotatable bonds is 5. The van der Waals surface area contributed by atoms with Crippen LogP contribution in [0.3, 0.4) is 0 Å². The van der Waals surface area contributed by atoms with Gasteiger partial charge in [0.15, 0.2) is 5.65 Å². The summed E-state index contributed by atoms with van der Waals surface area (Å²) >= 11 is 6.30. The van der Waals surface area contributed by atoms with E-state index in [0.29, 0.717) is 5.92 Å². The lowest BCUT2D eigenvalue weighted by molar-refractivity contribution is 0.413. The van der Waals surface area contributed by atoms with Crippen LogP contribution in [0.1, 0.15) is 50.5 Å². The molecule has 1 unspecified atom stereocenters. The molecule has 0 saturated carbocycles. The Labute approximate surface area is 119 Å². The number of imidazole rings is 1. The molecular formula is C14H23ClN4. The van der Waals surface area contributed by atoms with Crippen molar-refractivity contribution in [1.29, 1.82) is 0 Å². The lowest BCUT2D eigenvalue weighted by Crippen LogP contribution is -2.14. The van der Waals surface area contributed by atoms with Crippen molar-refractivity contribution in [2.45, 2.75) is 52.5 Å². The second-order valence-electron chi connectivity index (χ2n) is 5.26. The predicted molar refractivity (Wildman–Crippen MR) is 79.6 cm³/mol. The Kier molecular flexibility index (Phi) is 4.19. The first-order chi connectivity index (χ1) is 8.99. The highest BCUT2D eigenvalue weighted by molar-refractivity contribution is 6.20. The van der Waals surface area contributed by atoms with Crippen LogP contribution in [-0.4, -0.2) is 19.3 Å². The van der Waals surface area contributed by atoms with Crippen molar-refractivity contribution in [3.63, 3.8) is 0 Å². The first kappa shape index (κ1) is 14.4. The third-order valence-corrected chi connectivity index (χ3v) is 4.07. The van der Waals surface area contributed by atoms with Crippen molar-refractivity contribution in [3.8, 4) is 0 Å². The maximum atomic E-state index is 6.30. The molecule has 2 aromatic rings. The van der Waals surface area contributed by atoms with E-state index in [9.17, 15) is 0 Å². The van der Waals surface area contributed by atoms with E-state index in [4.69, 9.17) is 16.6 Å². The summed E-state index contributed by atoms with van der Waals surface area (Å²) in [6.07, 6.45) is 2.34. The Hall–Kier alpha value is -1.03. The summed E-state index contributed by atoms with van der Waals surface area (Å²) in [6.45, 7) is 9.42. The molecule has 2 heterocycles. The fourth-order valence-electron chi connectivity index (χ4n) is 2.64. The maximum Gasteiger partial charge on any atom is 0.158 e. The standard InChI is InChI=1S/C14H23ClN4/c1-6-11(7-2)8-19-13(9(3)15)16-12-10(4)17-18(5)14(12)19/h9,11H,6-8H2,1-5H3. The molecule has 0 aliphatic carbocycles. The van der Waals surface area contributed by atoms with Crippen molar-refractivity contribution >= 4 is 22.8 Å². The van der Waals surface area contributed by atoms with Gasteiger partial charge in [-0.3, -0.25) is 4.68 Å². The third-order valence-electron chi connectivity index (χ3n) is 3.87. The lowest BCUT2D eigenvalue weighted by Gasteiger charge is -2.17. The minimum atomic E-state index is -0.0823. The Morgan fingerprint density at radius 3 is 2.42 bits per heavy atom. The highest BCUT2D eigenvalue weighted by Gasteiger charge is 2.21. The Bertz CT molecular complexity index is 564. The molecule has 0 bridgehead atoms. The van der Waals surface area contributed by atoms with Crippen LogP contribution in [0, 0.1) is 12.8 Å². The molecule has 0 saturated heterocycles. The van der Waals surface area contributed by atoms with Crippen LogP contribution in [0.5, 0.6) is 0 Å². The fraction of sp³-hybridized carbons (Fsp3) is 0.714. The molecule has 0 amide bonds. The van der Waals surface area contributed by atoms with Gasteiger partial charge in [0, 0.05) is 13.6 Å². The van der Waals surface area contributed by atoms with Crippen LogP contribution >= 0.6 is 11.6 Å². The second-order valence-corrected chi connectivity index (χ2v) is 5.92. The average molecular weight is 283 g/mol. The number of aromatic nitrogens is 4. The molecule has 0 fully saturated rings. The van der Waals surface area contributed by atoms with Crippen molar-refractivity contribution in [2.75, 3.05) is 0 Å². The minimum Gasteiger partial charge on any atom is -0.311 e. The molecule has 2 aromatic heterocycles. The molecular weight excluding hydrogens is 260 g/mol. The number of halogens is 1. The van der Waals surface area contributed by atoms with Crippen LogP contribution in [0.15, 0.2) is 0 Å². The van der Waals surface area contributed by atoms with E-state index >= 15 is 0 Å². The van der Waals surface area contributed by atoms with Crippen LogP contribution in [0.2, 0.25) is 0 Å². The van der Waals surface area contributed by atoms with Gasteiger partial charge in [-0.05, 0) is 19.8 Å². The Morgan fingerprint density at radius 1 is 1.26 bits per heavy atom. The average Bonchev–Trinajstić information content (AvgIpc) is 2.86. The monoisotopic (exact) mass is 282 g/mol. The number of hydrogen-bond donors (Lipinski definition) is 0. The summed E-state index contributed by atoms with van der Waals surface area (Å²) < 4.78 is 4.17. The van der Waals surface area contributed by atoms with Gasteiger partial charge in [-0.25, -0.2) is 4.98 Å². The van der Waals surface area contributed by atoms with E-state index in [1.54, 1.807) is 0 Å². The molecule has 2 rings (SSSR count). The third kappa shape index (κ3) is 2.50. The highest BCUT2D eigenvalue weighted by Crippen LogP contribution is 2.27. The van der Waals surface area contributed by atoms with E-state index in [1.165, 1.54) is 12.8 Å². The van der Waals surface area contributed by atoms with E-state index in [0.717, 1.165) is 29.2 Å². The minimum absolute atomic E-state index is 0.0823. The van der Waals surface area contributed by atoms with Gasteiger partial charge in [0.25, 0.3) is 0 Å². The van der Waals surface area contributed by atoms with Crippen molar-refractivity contribution < 1.29 is 0 Å². The van der Waals surface area contributed by atoms with Crippen LogP contribution in [-0.2, 0) is 13.6 Å². The van der Waals surface area contributed by atoms with Gasteiger partial charge in [-0.2, -0.15) is 5.10 Å². The summed E-state index contributed by atoms with van der Waals surface area (Å²) in [5.41, 5.74) is 3.04. The number of fused-ring (bicyclic) bond motifs is 1. The molecule has 1 atom stereocenters. The normalized spacial score (nSPS) is 13.6. The van der Waals surface area contributed by atoms with Crippen LogP contribution in [0.25, 0.3) is 11.2 Å². The zero-order valence-corrected chi connectivity index (χ0v) is 13.2. The maximum absolute atomic E-state index is 6.30. The Balaban J connectivity index is 2.57.